The number of hydrogen-bond acceptors (Lipinski definition) is 4. The van der Waals surface area contributed by atoms with Gasteiger partial charge in [0.2, 0.25) is 5.91 Å². The molecule has 0 bridgehead atoms. The van der Waals surface area contributed by atoms with E-state index in [-0.39, 0.29) is 23.3 Å². The monoisotopic (exact) mass is 333 g/mol. The molecule has 5 nitrogen and oxygen atoms in total. The molecular weight excluding hydrogens is 314 g/mol. The van der Waals surface area contributed by atoms with Gasteiger partial charge in [0.25, 0.3) is 9.05 Å². The maximum atomic E-state index is 11.6. The predicted molar refractivity (Wildman–Crippen MR) is 82.2 cm³/mol. The molecule has 0 saturated heterocycles. The summed E-state index contributed by atoms with van der Waals surface area (Å²) in [5.74, 6) is 0.0781. The Labute approximate surface area is 129 Å². The average Bonchev–Trinajstić information content (AvgIpc) is 2.24. The van der Waals surface area contributed by atoms with E-state index < -0.39 is 15.0 Å². The highest BCUT2D eigenvalue weighted by Gasteiger charge is 2.24. The Kier molecular flexibility index (Phi) is 5.28. The summed E-state index contributed by atoms with van der Waals surface area (Å²) in [6.07, 6.45) is 0.0954. The van der Waals surface area contributed by atoms with Gasteiger partial charge in [0.1, 0.15) is 5.75 Å². The van der Waals surface area contributed by atoms with Crippen molar-refractivity contribution < 1.29 is 17.9 Å². The number of amides is 1. The first-order valence-electron chi connectivity index (χ1n) is 6.44. The first kappa shape index (κ1) is 17.8. The lowest BCUT2D eigenvalue weighted by atomic mass is 9.86. The third kappa shape index (κ3) is 4.89. The van der Waals surface area contributed by atoms with Crippen LogP contribution in [-0.4, -0.2) is 20.9 Å². The molecule has 21 heavy (non-hydrogen) atoms. The Morgan fingerprint density at radius 3 is 2.33 bits per heavy atom. The summed E-state index contributed by atoms with van der Waals surface area (Å²) in [5.41, 5.74) is 5.93. The Bertz CT molecular complexity index is 648. The lowest BCUT2D eigenvalue weighted by molar-refractivity contribution is -0.118. The average molecular weight is 334 g/mol. The second-order valence-electron chi connectivity index (χ2n) is 5.87. The summed E-state index contributed by atoms with van der Waals surface area (Å²) in [6.45, 7) is 7.59. The van der Waals surface area contributed by atoms with Gasteiger partial charge in [0.05, 0.1) is 17.9 Å². The first-order valence-corrected chi connectivity index (χ1v) is 8.74. The predicted octanol–water partition coefficient (Wildman–Crippen LogP) is 2.47. The molecule has 0 heterocycles. The molecule has 118 valence electrons. The Morgan fingerprint density at radius 1 is 1.33 bits per heavy atom. The van der Waals surface area contributed by atoms with Crippen LogP contribution in [0.5, 0.6) is 5.75 Å². The summed E-state index contributed by atoms with van der Waals surface area (Å²) in [6, 6.07) is 3.15. The van der Waals surface area contributed by atoms with Crippen molar-refractivity contribution in [2.45, 2.75) is 44.4 Å². The summed E-state index contributed by atoms with van der Waals surface area (Å²) in [4.78, 5) is 10.8. The normalized spacial score (nSPS) is 12.2. The van der Waals surface area contributed by atoms with Gasteiger partial charge >= 0.3 is 0 Å². The molecule has 1 aromatic rings. The minimum Gasteiger partial charge on any atom is -0.493 e. The van der Waals surface area contributed by atoms with E-state index in [9.17, 15) is 13.2 Å². The fourth-order valence-electron chi connectivity index (χ4n) is 1.89. The lowest BCUT2D eigenvalue weighted by Gasteiger charge is -2.24. The van der Waals surface area contributed by atoms with Crippen molar-refractivity contribution >= 4 is 25.6 Å². The van der Waals surface area contributed by atoms with E-state index in [0.717, 1.165) is 0 Å². The molecule has 0 aliphatic heterocycles. The van der Waals surface area contributed by atoms with E-state index in [1.165, 1.54) is 6.07 Å². The lowest BCUT2D eigenvalue weighted by Crippen LogP contribution is -2.18. The van der Waals surface area contributed by atoms with Crippen LogP contribution in [0.15, 0.2) is 17.0 Å². The summed E-state index contributed by atoms with van der Waals surface area (Å²) in [7, 11) is 1.63. The van der Waals surface area contributed by atoms with Crippen molar-refractivity contribution in [2.24, 2.45) is 5.73 Å². The second kappa shape index (κ2) is 6.23. The number of aryl methyl sites for hydroxylation is 1. The summed E-state index contributed by atoms with van der Waals surface area (Å²) in [5, 5.41) is 0. The van der Waals surface area contributed by atoms with E-state index in [4.69, 9.17) is 21.2 Å². The van der Waals surface area contributed by atoms with Crippen LogP contribution >= 0.6 is 10.7 Å². The number of benzene rings is 1. The minimum atomic E-state index is -3.82. The maximum Gasteiger partial charge on any atom is 0.261 e. The van der Waals surface area contributed by atoms with E-state index in [1.807, 2.05) is 20.8 Å². The van der Waals surface area contributed by atoms with Crippen LogP contribution in [0.4, 0.5) is 0 Å². The Hall–Kier alpha value is -1.27. The fraction of sp³-hybridized carbons (Fsp3) is 0.500. The van der Waals surface area contributed by atoms with Gasteiger partial charge in [0.15, 0.2) is 0 Å². The van der Waals surface area contributed by atoms with Crippen LogP contribution in [0.1, 0.15) is 38.3 Å². The minimum absolute atomic E-state index is 0.0661. The van der Waals surface area contributed by atoms with Gasteiger partial charge in [-0.2, -0.15) is 0 Å². The molecule has 7 heteroatoms. The third-order valence-corrected chi connectivity index (χ3v) is 4.42. The van der Waals surface area contributed by atoms with Crippen molar-refractivity contribution in [2.75, 3.05) is 6.61 Å². The van der Waals surface area contributed by atoms with Crippen LogP contribution < -0.4 is 10.5 Å². The zero-order valence-electron chi connectivity index (χ0n) is 12.6. The zero-order valence-corrected chi connectivity index (χ0v) is 14.1. The topological polar surface area (TPSA) is 86.5 Å². The van der Waals surface area contributed by atoms with Crippen LogP contribution in [-0.2, 0) is 19.3 Å². The molecule has 1 amide bonds. The fourth-order valence-corrected chi connectivity index (χ4v) is 3.09. The molecule has 0 saturated carbocycles. The summed E-state index contributed by atoms with van der Waals surface area (Å²) < 4.78 is 28.8. The first-order chi connectivity index (χ1) is 9.43. The SMILES string of the molecule is Cc1cc(OCCC(N)=O)c(C(C)(C)C)cc1S(=O)(=O)Cl. The molecule has 1 aromatic carbocycles. The number of ether oxygens (including phenoxy) is 1. The van der Waals surface area contributed by atoms with Crippen LogP contribution in [0.25, 0.3) is 0 Å². The number of rotatable bonds is 5. The van der Waals surface area contributed by atoms with Gasteiger partial charge in [0, 0.05) is 16.2 Å². The number of hydrogen-bond donors (Lipinski definition) is 1. The van der Waals surface area contributed by atoms with E-state index in [0.29, 0.717) is 16.9 Å². The molecule has 0 fully saturated rings. The number of nitrogens with two attached hydrogens (primary N) is 1. The molecule has 0 atom stereocenters. The molecule has 2 N–H and O–H groups in total. The zero-order chi connectivity index (χ0) is 16.4. The van der Waals surface area contributed by atoms with Gasteiger partial charge < -0.3 is 10.5 Å². The Morgan fingerprint density at radius 2 is 1.90 bits per heavy atom. The molecule has 0 aliphatic rings. The molecule has 0 aliphatic carbocycles. The van der Waals surface area contributed by atoms with Gasteiger partial charge in [-0.1, -0.05) is 20.8 Å². The van der Waals surface area contributed by atoms with E-state index in [1.54, 1.807) is 13.0 Å². The molecule has 1 rings (SSSR count). The molecule has 0 spiro atoms. The molecule has 0 unspecified atom stereocenters. The van der Waals surface area contributed by atoms with Gasteiger partial charge in [-0.15, -0.1) is 0 Å². The van der Waals surface area contributed by atoms with E-state index >= 15 is 0 Å². The number of halogens is 1. The van der Waals surface area contributed by atoms with Crippen molar-refractivity contribution in [3.05, 3.63) is 23.3 Å². The van der Waals surface area contributed by atoms with Gasteiger partial charge in [-0.05, 0) is 30.0 Å². The molecule has 0 radical (unpaired) electrons. The molecular formula is C14H20ClNO4S. The van der Waals surface area contributed by atoms with Crippen LogP contribution in [0.3, 0.4) is 0 Å². The van der Waals surface area contributed by atoms with Crippen LogP contribution in [0.2, 0.25) is 0 Å². The van der Waals surface area contributed by atoms with Crippen LogP contribution in [0, 0.1) is 6.92 Å². The van der Waals surface area contributed by atoms with Crippen molar-refractivity contribution in [3.63, 3.8) is 0 Å². The quantitative estimate of drug-likeness (QED) is 0.838. The number of primary amides is 1. The van der Waals surface area contributed by atoms with Crippen molar-refractivity contribution in [1.29, 1.82) is 0 Å². The van der Waals surface area contributed by atoms with Crippen molar-refractivity contribution in [1.82, 2.24) is 0 Å². The molecule has 0 aromatic heterocycles. The highest BCUT2D eigenvalue weighted by atomic mass is 35.7. The number of carbonyl (C=O) groups excluding carboxylic acids is 1. The number of carbonyl (C=O) groups is 1. The highest BCUT2D eigenvalue weighted by molar-refractivity contribution is 8.13. The maximum absolute atomic E-state index is 11.6. The standard InChI is InChI=1S/C14H20ClNO4S/c1-9-7-11(20-6-5-13(16)17)10(14(2,3)4)8-12(9)21(15,18)19/h7-8H,5-6H2,1-4H3,(H2,16,17). The van der Waals surface area contributed by atoms with Gasteiger partial charge in [-0.3, -0.25) is 4.79 Å². The van der Waals surface area contributed by atoms with Gasteiger partial charge in [-0.25, -0.2) is 8.42 Å². The Balaban J connectivity index is 3.30. The third-order valence-electron chi connectivity index (χ3n) is 2.95. The largest absolute Gasteiger partial charge is 0.493 e. The second-order valence-corrected chi connectivity index (χ2v) is 8.40. The highest BCUT2D eigenvalue weighted by Crippen LogP contribution is 2.36. The van der Waals surface area contributed by atoms with E-state index in [2.05, 4.69) is 0 Å². The summed E-state index contributed by atoms with van der Waals surface area (Å²) >= 11 is 0. The van der Waals surface area contributed by atoms with Crippen molar-refractivity contribution in [3.8, 4) is 5.75 Å². The smallest absolute Gasteiger partial charge is 0.261 e.